The molecule has 1 amide bonds. The average molecular weight is 431 g/mol. The van der Waals surface area contributed by atoms with Gasteiger partial charge in [-0.25, -0.2) is 8.42 Å². The van der Waals surface area contributed by atoms with Gasteiger partial charge in [0.2, 0.25) is 10.0 Å². The predicted molar refractivity (Wildman–Crippen MR) is 113 cm³/mol. The van der Waals surface area contributed by atoms with Crippen molar-refractivity contribution in [3.8, 4) is 5.75 Å². The van der Waals surface area contributed by atoms with E-state index < -0.39 is 10.0 Å². The summed E-state index contributed by atoms with van der Waals surface area (Å²) < 4.78 is 38.2. The minimum atomic E-state index is -3.53. The number of nitrogens with zero attached hydrogens (tertiary/aromatic N) is 1. The van der Waals surface area contributed by atoms with Gasteiger partial charge >= 0.3 is 0 Å². The van der Waals surface area contributed by atoms with E-state index in [2.05, 4.69) is 5.32 Å². The third kappa shape index (κ3) is 4.83. The van der Waals surface area contributed by atoms with Crippen LogP contribution in [0, 0.1) is 0 Å². The first-order valence-corrected chi connectivity index (χ1v) is 11.7. The van der Waals surface area contributed by atoms with E-state index in [9.17, 15) is 13.2 Å². The van der Waals surface area contributed by atoms with Gasteiger partial charge in [-0.05, 0) is 68.1 Å². The summed E-state index contributed by atoms with van der Waals surface area (Å²) >= 11 is 0. The highest BCUT2D eigenvalue weighted by atomic mass is 32.2. The normalized spacial score (nSPS) is 19.7. The number of sulfonamides is 1. The number of hydrogen-bond donors (Lipinski definition) is 1. The molecular formula is C22H26N2O5S. The van der Waals surface area contributed by atoms with Crippen LogP contribution in [0.1, 0.15) is 36.0 Å². The van der Waals surface area contributed by atoms with Gasteiger partial charge in [0.05, 0.1) is 11.0 Å². The molecule has 160 valence electrons. The van der Waals surface area contributed by atoms with Crippen LogP contribution in [-0.2, 0) is 14.8 Å². The highest BCUT2D eigenvalue weighted by Crippen LogP contribution is 2.24. The van der Waals surface area contributed by atoms with Crippen LogP contribution in [-0.4, -0.2) is 51.0 Å². The number of rotatable bonds is 7. The molecule has 7 nitrogen and oxygen atoms in total. The summed E-state index contributed by atoms with van der Waals surface area (Å²) in [5.74, 6) is 0.372. The summed E-state index contributed by atoms with van der Waals surface area (Å²) in [5, 5.41) is 2.77. The molecule has 2 aliphatic rings. The van der Waals surface area contributed by atoms with Crippen LogP contribution < -0.4 is 10.1 Å². The van der Waals surface area contributed by atoms with Crippen LogP contribution in [0.15, 0.2) is 53.4 Å². The van der Waals surface area contributed by atoms with Crippen LogP contribution in [0.4, 0.5) is 5.69 Å². The molecule has 0 bridgehead atoms. The summed E-state index contributed by atoms with van der Waals surface area (Å²) in [7, 11) is -3.53. The molecule has 2 saturated heterocycles. The molecule has 2 heterocycles. The van der Waals surface area contributed by atoms with Crippen molar-refractivity contribution in [3.05, 3.63) is 54.1 Å². The van der Waals surface area contributed by atoms with Crippen molar-refractivity contribution >= 4 is 21.6 Å². The van der Waals surface area contributed by atoms with E-state index in [-0.39, 0.29) is 16.9 Å². The van der Waals surface area contributed by atoms with Gasteiger partial charge < -0.3 is 14.8 Å². The average Bonchev–Trinajstić information content (AvgIpc) is 3.47. The van der Waals surface area contributed by atoms with Crippen LogP contribution in [0.25, 0.3) is 0 Å². The fourth-order valence-corrected chi connectivity index (χ4v) is 5.25. The highest BCUT2D eigenvalue weighted by Gasteiger charge is 2.27. The second-order valence-corrected chi connectivity index (χ2v) is 9.50. The van der Waals surface area contributed by atoms with Crippen molar-refractivity contribution in [2.75, 3.05) is 31.6 Å². The number of nitrogens with one attached hydrogen (secondary N) is 1. The van der Waals surface area contributed by atoms with E-state index in [1.807, 2.05) is 0 Å². The lowest BCUT2D eigenvalue weighted by molar-refractivity contribution is 0.0679. The van der Waals surface area contributed by atoms with Crippen LogP contribution >= 0.6 is 0 Å². The zero-order valence-corrected chi connectivity index (χ0v) is 17.6. The van der Waals surface area contributed by atoms with Gasteiger partial charge in [-0.3, -0.25) is 4.79 Å². The van der Waals surface area contributed by atoms with E-state index in [1.54, 1.807) is 42.5 Å². The lowest BCUT2D eigenvalue weighted by Gasteiger charge is -2.16. The highest BCUT2D eigenvalue weighted by molar-refractivity contribution is 7.89. The first kappa shape index (κ1) is 20.8. The predicted octanol–water partition coefficient (Wildman–Crippen LogP) is 3.28. The van der Waals surface area contributed by atoms with Gasteiger partial charge in [0.25, 0.3) is 5.91 Å². The van der Waals surface area contributed by atoms with Gasteiger partial charge in [0.15, 0.2) is 0 Å². The first-order valence-electron chi connectivity index (χ1n) is 10.3. The third-order valence-corrected chi connectivity index (χ3v) is 7.27. The fraction of sp³-hybridized carbons (Fsp3) is 0.409. The maximum absolute atomic E-state index is 12.7. The lowest BCUT2D eigenvalue weighted by Crippen LogP contribution is -2.27. The Morgan fingerprint density at radius 2 is 1.87 bits per heavy atom. The Balaban J connectivity index is 1.38. The van der Waals surface area contributed by atoms with Crippen molar-refractivity contribution < 1.29 is 22.7 Å². The molecule has 1 atom stereocenters. The van der Waals surface area contributed by atoms with Gasteiger partial charge in [-0.1, -0.05) is 6.07 Å². The molecular weight excluding hydrogens is 404 g/mol. The molecule has 0 spiro atoms. The van der Waals surface area contributed by atoms with Crippen LogP contribution in [0.3, 0.4) is 0 Å². The SMILES string of the molecule is O=C(Nc1cccc(S(=O)(=O)N2CCCC2)c1)c1ccc(OC[C@H]2CCCO2)cc1. The zero-order chi connectivity index (χ0) is 21.0. The fourth-order valence-electron chi connectivity index (χ4n) is 3.68. The second-order valence-electron chi connectivity index (χ2n) is 7.56. The minimum absolute atomic E-state index is 0.136. The quantitative estimate of drug-likeness (QED) is 0.729. The summed E-state index contributed by atoms with van der Waals surface area (Å²) in [6.07, 6.45) is 3.96. The van der Waals surface area contributed by atoms with E-state index in [4.69, 9.17) is 9.47 Å². The molecule has 1 N–H and O–H groups in total. The first-order chi connectivity index (χ1) is 14.5. The van der Waals surface area contributed by atoms with Gasteiger partial charge in [-0.15, -0.1) is 0 Å². The summed E-state index contributed by atoms with van der Waals surface area (Å²) in [6.45, 7) is 2.37. The van der Waals surface area contributed by atoms with E-state index >= 15 is 0 Å². The number of amides is 1. The molecule has 8 heteroatoms. The van der Waals surface area contributed by atoms with E-state index in [1.165, 1.54) is 10.4 Å². The molecule has 30 heavy (non-hydrogen) atoms. The van der Waals surface area contributed by atoms with Gasteiger partial charge in [0, 0.05) is 30.9 Å². The number of ether oxygens (including phenoxy) is 2. The molecule has 2 fully saturated rings. The maximum Gasteiger partial charge on any atom is 0.255 e. The molecule has 0 unspecified atom stereocenters. The zero-order valence-electron chi connectivity index (χ0n) is 16.7. The number of carbonyl (C=O) groups excluding carboxylic acids is 1. The Hall–Kier alpha value is -2.42. The molecule has 0 radical (unpaired) electrons. The molecule has 0 saturated carbocycles. The Morgan fingerprint density at radius 3 is 2.57 bits per heavy atom. The maximum atomic E-state index is 12.7. The van der Waals surface area contributed by atoms with Crippen LogP contribution in [0.5, 0.6) is 5.75 Å². The van der Waals surface area contributed by atoms with Crippen molar-refractivity contribution in [2.24, 2.45) is 0 Å². The van der Waals surface area contributed by atoms with Gasteiger partial charge in [-0.2, -0.15) is 4.31 Å². The standard InChI is InChI=1S/C22H26N2O5S/c25-22(17-8-10-19(11-9-17)29-16-20-6-4-14-28-20)23-18-5-3-7-21(15-18)30(26,27)24-12-1-2-13-24/h3,5,7-11,15,20H,1-2,4,6,12-14,16H2,(H,23,25)/t20-/m1/s1. The number of carbonyl (C=O) groups is 1. The van der Waals surface area contributed by atoms with E-state index in [0.29, 0.717) is 36.7 Å². The van der Waals surface area contributed by atoms with Crippen LogP contribution in [0.2, 0.25) is 0 Å². The Labute approximate surface area is 177 Å². The third-order valence-electron chi connectivity index (χ3n) is 5.37. The van der Waals surface area contributed by atoms with Crippen molar-refractivity contribution in [2.45, 2.75) is 36.7 Å². The number of anilines is 1. The molecule has 4 rings (SSSR count). The second kappa shape index (κ2) is 9.16. The molecule has 2 aromatic carbocycles. The molecule has 0 aliphatic carbocycles. The van der Waals surface area contributed by atoms with Gasteiger partial charge in [0.1, 0.15) is 12.4 Å². The topological polar surface area (TPSA) is 84.9 Å². The smallest absolute Gasteiger partial charge is 0.255 e. The Kier molecular flexibility index (Phi) is 6.36. The Morgan fingerprint density at radius 1 is 1.10 bits per heavy atom. The Bertz CT molecular complexity index is 979. The number of hydrogen-bond acceptors (Lipinski definition) is 5. The van der Waals surface area contributed by atoms with Crippen molar-refractivity contribution in [3.63, 3.8) is 0 Å². The summed E-state index contributed by atoms with van der Waals surface area (Å²) in [4.78, 5) is 12.8. The summed E-state index contributed by atoms with van der Waals surface area (Å²) in [6, 6.07) is 13.3. The largest absolute Gasteiger partial charge is 0.491 e. The van der Waals surface area contributed by atoms with E-state index in [0.717, 1.165) is 32.3 Å². The molecule has 0 aromatic heterocycles. The monoisotopic (exact) mass is 430 g/mol. The van der Waals surface area contributed by atoms with Crippen molar-refractivity contribution in [1.82, 2.24) is 4.31 Å². The number of benzene rings is 2. The lowest BCUT2D eigenvalue weighted by atomic mass is 10.2. The molecule has 2 aromatic rings. The summed E-state index contributed by atoms with van der Waals surface area (Å²) in [5.41, 5.74) is 0.909. The molecule has 2 aliphatic heterocycles. The van der Waals surface area contributed by atoms with Crippen molar-refractivity contribution in [1.29, 1.82) is 0 Å². The minimum Gasteiger partial charge on any atom is -0.491 e.